The Bertz CT molecular complexity index is 1140. The second-order valence-electron chi connectivity index (χ2n) is 8.18. The van der Waals surface area contributed by atoms with Crippen molar-refractivity contribution < 1.29 is 0 Å². The smallest absolute Gasteiger partial charge is 0.00546 e. The highest BCUT2D eigenvalue weighted by Gasteiger charge is 2.28. The van der Waals surface area contributed by atoms with Crippen LogP contribution in [0.15, 0.2) is 121 Å². The molecular weight excluding hydrogens is 360 g/mol. The van der Waals surface area contributed by atoms with Crippen LogP contribution in [0.2, 0.25) is 0 Å². The van der Waals surface area contributed by atoms with Crippen LogP contribution in [-0.2, 0) is 19.3 Å². The molecule has 30 heavy (non-hydrogen) atoms. The molecule has 1 aliphatic carbocycles. The number of hydrogen-bond donors (Lipinski definition) is 0. The summed E-state index contributed by atoms with van der Waals surface area (Å²) in [4.78, 5) is 0. The molecule has 0 nitrogen and oxygen atoms in total. The highest BCUT2D eigenvalue weighted by Crippen LogP contribution is 2.41. The number of fused-ring (bicyclic) bond motifs is 1. The Morgan fingerprint density at radius 1 is 0.567 bits per heavy atom. The second kappa shape index (κ2) is 8.55. The summed E-state index contributed by atoms with van der Waals surface area (Å²) in [6.07, 6.45) is 3.17. The summed E-state index contributed by atoms with van der Waals surface area (Å²) in [6, 6.07) is 41.8. The first-order valence-corrected chi connectivity index (χ1v) is 10.8. The number of benzene rings is 4. The average Bonchev–Trinajstić information content (AvgIpc) is 2.81. The monoisotopic (exact) mass is 386 g/mol. The lowest BCUT2D eigenvalue weighted by Crippen LogP contribution is -2.21. The minimum atomic E-state index is 0.498. The van der Waals surface area contributed by atoms with Crippen molar-refractivity contribution in [2.75, 3.05) is 0 Å². The Morgan fingerprint density at radius 2 is 1.13 bits per heavy atom. The van der Waals surface area contributed by atoms with Gasteiger partial charge in [-0.05, 0) is 58.6 Å². The standard InChI is InChI=1S/C30H26/c1-4-12-23(13-5-1)20-27-22-26-18-10-11-19-28(26)30(25-16-8-3-9-17-25)29(27)21-24-14-6-2-7-15-24/h1-19,27H,20-22H2. The van der Waals surface area contributed by atoms with Gasteiger partial charge in [0.15, 0.2) is 0 Å². The van der Waals surface area contributed by atoms with E-state index < -0.39 is 0 Å². The Morgan fingerprint density at radius 3 is 1.83 bits per heavy atom. The molecule has 0 N–H and O–H groups in total. The van der Waals surface area contributed by atoms with Crippen LogP contribution in [-0.4, -0.2) is 0 Å². The first-order valence-electron chi connectivity index (χ1n) is 10.8. The third-order valence-electron chi connectivity index (χ3n) is 6.19. The third-order valence-corrected chi connectivity index (χ3v) is 6.19. The maximum absolute atomic E-state index is 2.32. The normalized spacial score (nSPS) is 15.7. The van der Waals surface area contributed by atoms with Crippen LogP contribution in [0.5, 0.6) is 0 Å². The topological polar surface area (TPSA) is 0 Å². The molecule has 5 rings (SSSR count). The lowest BCUT2D eigenvalue weighted by molar-refractivity contribution is 0.585. The van der Waals surface area contributed by atoms with Gasteiger partial charge in [0.1, 0.15) is 0 Å². The Labute approximate surface area is 179 Å². The molecule has 0 heteroatoms. The molecule has 4 aromatic carbocycles. The lowest BCUT2D eigenvalue weighted by Gasteiger charge is -2.32. The van der Waals surface area contributed by atoms with E-state index in [9.17, 15) is 0 Å². The van der Waals surface area contributed by atoms with Crippen LogP contribution in [0.25, 0.3) is 5.57 Å². The highest BCUT2D eigenvalue weighted by molar-refractivity contribution is 5.85. The van der Waals surface area contributed by atoms with Gasteiger partial charge in [-0.15, -0.1) is 0 Å². The van der Waals surface area contributed by atoms with Crippen LogP contribution >= 0.6 is 0 Å². The fraction of sp³-hybridized carbons (Fsp3) is 0.133. The van der Waals surface area contributed by atoms with Gasteiger partial charge < -0.3 is 0 Å². The molecule has 0 amide bonds. The second-order valence-corrected chi connectivity index (χ2v) is 8.18. The lowest BCUT2D eigenvalue weighted by atomic mass is 9.72. The maximum Gasteiger partial charge on any atom is -0.00546 e. The van der Waals surface area contributed by atoms with Gasteiger partial charge in [0.25, 0.3) is 0 Å². The van der Waals surface area contributed by atoms with Gasteiger partial charge in [0, 0.05) is 0 Å². The molecule has 0 radical (unpaired) electrons. The first kappa shape index (κ1) is 18.6. The van der Waals surface area contributed by atoms with E-state index in [1.54, 1.807) is 5.57 Å². The predicted octanol–water partition coefficient (Wildman–Crippen LogP) is 7.15. The third kappa shape index (κ3) is 3.86. The van der Waals surface area contributed by atoms with Crippen LogP contribution in [0.1, 0.15) is 27.8 Å². The van der Waals surface area contributed by atoms with E-state index in [0.29, 0.717) is 5.92 Å². The van der Waals surface area contributed by atoms with Crippen molar-refractivity contribution in [2.24, 2.45) is 5.92 Å². The van der Waals surface area contributed by atoms with Gasteiger partial charge in [0.2, 0.25) is 0 Å². The Balaban J connectivity index is 1.68. The van der Waals surface area contributed by atoms with E-state index in [2.05, 4.69) is 115 Å². The van der Waals surface area contributed by atoms with E-state index in [-0.39, 0.29) is 0 Å². The van der Waals surface area contributed by atoms with E-state index >= 15 is 0 Å². The minimum absolute atomic E-state index is 0.498. The Kier molecular flexibility index (Phi) is 5.31. The van der Waals surface area contributed by atoms with Crippen LogP contribution in [0.4, 0.5) is 0 Å². The van der Waals surface area contributed by atoms with Crippen molar-refractivity contribution in [3.05, 3.63) is 149 Å². The van der Waals surface area contributed by atoms with E-state index in [1.165, 1.54) is 33.4 Å². The summed E-state index contributed by atoms with van der Waals surface area (Å²) in [6.45, 7) is 0. The molecule has 0 fully saturated rings. The number of allylic oxidation sites excluding steroid dienone is 1. The summed E-state index contributed by atoms with van der Waals surface area (Å²) < 4.78 is 0. The molecule has 0 bridgehead atoms. The van der Waals surface area contributed by atoms with Gasteiger partial charge in [-0.1, -0.05) is 121 Å². The quantitative estimate of drug-likeness (QED) is 0.342. The molecular formula is C30H26. The van der Waals surface area contributed by atoms with Crippen LogP contribution in [0, 0.1) is 5.92 Å². The molecule has 1 aliphatic rings. The van der Waals surface area contributed by atoms with Crippen molar-refractivity contribution >= 4 is 5.57 Å². The van der Waals surface area contributed by atoms with Crippen molar-refractivity contribution in [2.45, 2.75) is 19.3 Å². The summed E-state index contributed by atoms with van der Waals surface area (Å²) in [5, 5.41) is 0. The molecule has 4 aromatic rings. The summed E-state index contributed by atoms with van der Waals surface area (Å²) in [5.74, 6) is 0.498. The largest absolute Gasteiger partial charge is 0.0622 e. The molecule has 146 valence electrons. The summed E-state index contributed by atoms with van der Waals surface area (Å²) in [5.41, 5.74) is 10.00. The van der Waals surface area contributed by atoms with Crippen LogP contribution < -0.4 is 0 Å². The molecule has 1 atom stereocenters. The predicted molar refractivity (Wildman–Crippen MR) is 126 cm³/mol. The number of hydrogen-bond acceptors (Lipinski definition) is 0. The van der Waals surface area contributed by atoms with Crippen molar-refractivity contribution in [3.63, 3.8) is 0 Å². The minimum Gasteiger partial charge on any atom is -0.0622 e. The highest BCUT2D eigenvalue weighted by atomic mass is 14.3. The summed E-state index contributed by atoms with van der Waals surface area (Å²) >= 11 is 0. The van der Waals surface area contributed by atoms with E-state index in [0.717, 1.165) is 19.3 Å². The van der Waals surface area contributed by atoms with Crippen molar-refractivity contribution in [1.82, 2.24) is 0 Å². The zero-order chi connectivity index (χ0) is 20.2. The van der Waals surface area contributed by atoms with Gasteiger partial charge in [-0.3, -0.25) is 0 Å². The molecule has 0 saturated carbocycles. The Hall–Kier alpha value is -3.38. The average molecular weight is 387 g/mol. The molecule has 0 aromatic heterocycles. The fourth-order valence-corrected chi connectivity index (χ4v) is 4.80. The molecule has 0 spiro atoms. The van der Waals surface area contributed by atoms with Crippen molar-refractivity contribution in [1.29, 1.82) is 0 Å². The zero-order valence-electron chi connectivity index (χ0n) is 17.2. The molecule has 0 heterocycles. The summed E-state index contributed by atoms with van der Waals surface area (Å²) in [7, 11) is 0. The zero-order valence-corrected chi connectivity index (χ0v) is 17.2. The van der Waals surface area contributed by atoms with Gasteiger partial charge in [-0.2, -0.15) is 0 Å². The molecule has 0 saturated heterocycles. The maximum atomic E-state index is 2.32. The van der Waals surface area contributed by atoms with Crippen LogP contribution in [0.3, 0.4) is 0 Å². The van der Waals surface area contributed by atoms with Gasteiger partial charge >= 0.3 is 0 Å². The van der Waals surface area contributed by atoms with Crippen molar-refractivity contribution in [3.8, 4) is 0 Å². The first-order chi connectivity index (χ1) is 14.9. The van der Waals surface area contributed by atoms with E-state index in [4.69, 9.17) is 0 Å². The fourth-order valence-electron chi connectivity index (χ4n) is 4.80. The number of rotatable bonds is 5. The SMILES string of the molecule is c1ccc(CC2=C(c3ccccc3)c3ccccc3CC2Cc2ccccc2)cc1. The van der Waals surface area contributed by atoms with E-state index in [1.807, 2.05) is 0 Å². The molecule has 1 unspecified atom stereocenters. The van der Waals surface area contributed by atoms with Gasteiger partial charge in [-0.25, -0.2) is 0 Å². The molecule has 0 aliphatic heterocycles. The van der Waals surface area contributed by atoms with Gasteiger partial charge in [0.05, 0.1) is 0 Å².